The van der Waals surface area contributed by atoms with Crippen LogP contribution in [0.4, 0.5) is 0 Å². The molecule has 0 amide bonds. The van der Waals surface area contributed by atoms with Crippen LogP contribution in [0.25, 0.3) is 0 Å². The molecule has 1 aliphatic heterocycles. The molecule has 2 rings (SSSR count). The second-order valence-corrected chi connectivity index (χ2v) is 6.44. The van der Waals surface area contributed by atoms with E-state index < -0.39 is 0 Å². The van der Waals surface area contributed by atoms with Gasteiger partial charge < -0.3 is 15.1 Å². The van der Waals surface area contributed by atoms with Crippen molar-refractivity contribution < 1.29 is 0 Å². The molecule has 1 aliphatic rings. The van der Waals surface area contributed by atoms with Gasteiger partial charge in [0, 0.05) is 38.3 Å². The largest absolute Gasteiger partial charge is 0.310 e. The minimum atomic E-state index is 0.477. The second-order valence-electron chi connectivity index (χ2n) is 6.44. The predicted molar refractivity (Wildman–Crippen MR) is 90.7 cm³/mol. The van der Waals surface area contributed by atoms with Gasteiger partial charge in [-0.05, 0) is 39.4 Å². The van der Waals surface area contributed by atoms with Gasteiger partial charge in [-0.25, -0.2) is 0 Å². The summed E-state index contributed by atoms with van der Waals surface area (Å²) in [4.78, 5) is 5.07. The number of likely N-dealkylation sites (N-methyl/N-ethyl adjacent to an activating group) is 1. The van der Waals surface area contributed by atoms with Crippen molar-refractivity contribution in [2.45, 2.75) is 39.3 Å². The van der Waals surface area contributed by atoms with Crippen LogP contribution in [0.1, 0.15) is 37.4 Å². The van der Waals surface area contributed by atoms with E-state index in [4.69, 9.17) is 0 Å². The Morgan fingerprint density at radius 2 is 1.95 bits per heavy atom. The summed E-state index contributed by atoms with van der Waals surface area (Å²) < 4.78 is 0. The van der Waals surface area contributed by atoms with Crippen molar-refractivity contribution in [3.05, 3.63) is 35.4 Å². The fourth-order valence-electron chi connectivity index (χ4n) is 3.07. The lowest BCUT2D eigenvalue weighted by Crippen LogP contribution is -2.50. The molecule has 0 aromatic heterocycles. The lowest BCUT2D eigenvalue weighted by atomic mass is 10.0. The molecular formula is C18H31N3. The summed E-state index contributed by atoms with van der Waals surface area (Å²) in [5, 5.41) is 3.64. The van der Waals surface area contributed by atoms with Gasteiger partial charge in [0.15, 0.2) is 0 Å². The minimum Gasteiger partial charge on any atom is -0.310 e. The molecule has 0 spiro atoms. The van der Waals surface area contributed by atoms with Crippen LogP contribution in [0.15, 0.2) is 24.3 Å². The van der Waals surface area contributed by atoms with Gasteiger partial charge in [0.25, 0.3) is 0 Å². The van der Waals surface area contributed by atoms with E-state index in [0.29, 0.717) is 12.1 Å². The monoisotopic (exact) mass is 289 g/mol. The molecule has 1 saturated heterocycles. The first-order valence-electron chi connectivity index (χ1n) is 8.32. The van der Waals surface area contributed by atoms with E-state index >= 15 is 0 Å². The third kappa shape index (κ3) is 4.80. The Kier molecular flexibility index (Phi) is 6.22. The Morgan fingerprint density at radius 3 is 2.57 bits per heavy atom. The van der Waals surface area contributed by atoms with Crippen molar-refractivity contribution in [1.29, 1.82) is 0 Å². The molecule has 3 heteroatoms. The zero-order valence-electron chi connectivity index (χ0n) is 14.1. The molecule has 1 heterocycles. The highest BCUT2D eigenvalue weighted by Crippen LogP contribution is 2.19. The molecule has 2 atom stereocenters. The smallest absolute Gasteiger partial charge is 0.0332 e. The Bertz CT molecular complexity index is 415. The van der Waals surface area contributed by atoms with E-state index in [2.05, 4.69) is 67.2 Å². The van der Waals surface area contributed by atoms with E-state index in [1.165, 1.54) is 43.7 Å². The normalized spacial score (nSPS) is 22.4. The summed E-state index contributed by atoms with van der Waals surface area (Å²) in [6.07, 6.45) is 1.19. The zero-order valence-corrected chi connectivity index (χ0v) is 14.1. The molecule has 118 valence electrons. The molecule has 0 radical (unpaired) electrons. The van der Waals surface area contributed by atoms with Crippen LogP contribution in [0, 0.1) is 6.92 Å². The van der Waals surface area contributed by atoms with Crippen LogP contribution >= 0.6 is 0 Å². The van der Waals surface area contributed by atoms with Gasteiger partial charge in [0.05, 0.1) is 0 Å². The van der Waals surface area contributed by atoms with Crippen molar-refractivity contribution in [2.75, 3.05) is 39.8 Å². The lowest BCUT2D eigenvalue weighted by Gasteiger charge is -2.38. The molecule has 0 aliphatic carbocycles. The Hall–Kier alpha value is -0.900. The number of rotatable bonds is 6. The maximum Gasteiger partial charge on any atom is 0.0332 e. The van der Waals surface area contributed by atoms with Crippen LogP contribution < -0.4 is 5.32 Å². The van der Waals surface area contributed by atoms with Gasteiger partial charge in [-0.2, -0.15) is 0 Å². The molecule has 2 unspecified atom stereocenters. The van der Waals surface area contributed by atoms with Gasteiger partial charge >= 0.3 is 0 Å². The van der Waals surface area contributed by atoms with Gasteiger partial charge in [-0.1, -0.05) is 36.8 Å². The average molecular weight is 289 g/mol. The van der Waals surface area contributed by atoms with Crippen LogP contribution in [-0.4, -0.2) is 55.6 Å². The number of nitrogens with zero attached hydrogens (tertiary/aromatic N) is 2. The zero-order chi connectivity index (χ0) is 15.2. The number of aryl methyl sites for hydroxylation is 1. The number of piperazine rings is 1. The summed E-state index contributed by atoms with van der Waals surface area (Å²) >= 11 is 0. The standard InChI is InChI=1S/C18H31N3/c1-5-19-18(17-8-6-15(2)7-9-17)10-11-21-13-12-20(4)16(3)14-21/h6-9,16,18-19H,5,10-14H2,1-4H3. The fraction of sp³-hybridized carbons (Fsp3) is 0.667. The number of nitrogens with one attached hydrogen (secondary N) is 1. The molecule has 3 nitrogen and oxygen atoms in total. The average Bonchev–Trinajstić information content (AvgIpc) is 2.48. The third-order valence-corrected chi connectivity index (χ3v) is 4.71. The number of benzene rings is 1. The summed E-state index contributed by atoms with van der Waals surface area (Å²) in [5.41, 5.74) is 2.76. The van der Waals surface area contributed by atoms with E-state index in [1.54, 1.807) is 0 Å². The van der Waals surface area contributed by atoms with E-state index in [-0.39, 0.29) is 0 Å². The Morgan fingerprint density at radius 1 is 1.24 bits per heavy atom. The molecule has 0 saturated carbocycles. The molecular weight excluding hydrogens is 258 g/mol. The first-order chi connectivity index (χ1) is 10.1. The Balaban J connectivity index is 1.89. The topological polar surface area (TPSA) is 18.5 Å². The molecule has 1 fully saturated rings. The van der Waals surface area contributed by atoms with Crippen LogP contribution in [0.3, 0.4) is 0 Å². The summed E-state index contributed by atoms with van der Waals surface area (Å²) in [6, 6.07) is 10.1. The predicted octanol–water partition coefficient (Wildman–Crippen LogP) is 2.67. The van der Waals surface area contributed by atoms with Crippen LogP contribution in [0.5, 0.6) is 0 Å². The van der Waals surface area contributed by atoms with Crippen molar-refractivity contribution >= 4 is 0 Å². The first kappa shape index (κ1) is 16.5. The SMILES string of the molecule is CCNC(CCN1CCN(C)C(C)C1)c1ccc(C)cc1. The highest BCUT2D eigenvalue weighted by atomic mass is 15.3. The van der Waals surface area contributed by atoms with Crippen LogP contribution in [-0.2, 0) is 0 Å². The molecule has 1 aromatic rings. The van der Waals surface area contributed by atoms with Gasteiger partial charge in [0.2, 0.25) is 0 Å². The second kappa shape index (κ2) is 7.92. The fourth-order valence-corrected chi connectivity index (χ4v) is 3.07. The van der Waals surface area contributed by atoms with Gasteiger partial charge in [0.1, 0.15) is 0 Å². The highest BCUT2D eigenvalue weighted by molar-refractivity contribution is 5.24. The molecule has 0 bridgehead atoms. The van der Waals surface area contributed by atoms with Crippen molar-refractivity contribution in [1.82, 2.24) is 15.1 Å². The summed E-state index contributed by atoms with van der Waals surface area (Å²) in [6.45, 7) is 12.5. The number of hydrogen-bond donors (Lipinski definition) is 1. The van der Waals surface area contributed by atoms with E-state index in [0.717, 1.165) is 6.54 Å². The van der Waals surface area contributed by atoms with Gasteiger partial charge in [-0.15, -0.1) is 0 Å². The molecule has 1 N–H and O–H groups in total. The maximum absolute atomic E-state index is 3.64. The Labute approximate surface area is 130 Å². The minimum absolute atomic E-state index is 0.477. The maximum atomic E-state index is 3.64. The summed E-state index contributed by atoms with van der Waals surface area (Å²) in [5.74, 6) is 0. The highest BCUT2D eigenvalue weighted by Gasteiger charge is 2.21. The third-order valence-electron chi connectivity index (χ3n) is 4.71. The molecule has 21 heavy (non-hydrogen) atoms. The summed E-state index contributed by atoms with van der Waals surface area (Å²) in [7, 11) is 2.23. The first-order valence-corrected chi connectivity index (χ1v) is 8.32. The van der Waals surface area contributed by atoms with E-state index in [9.17, 15) is 0 Å². The number of hydrogen-bond acceptors (Lipinski definition) is 3. The van der Waals surface area contributed by atoms with Crippen molar-refractivity contribution in [2.24, 2.45) is 0 Å². The molecule has 1 aromatic carbocycles. The van der Waals surface area contributed by atoms with Crippen LogP contribution in [0.2, 0.25) is 0 Å². The quantitative estimate of drug-likeness (QED) is 0.868. The van der Waals surface area contributed by atoms with Gasteiger partial charge in [-0.3, -0.25) is 0 Å². The van der Waals surface area contributed by atoms with Crippen molar-refractivity contribution in [3.63, 3.8) is 0 Å². The lowest BCUT2D eigenvalue weighted by molar-refractivity contribution is 0.102. The van der Waals surface area contributed by atoms with E-state index in [1.807, 2.05) is 0 Å². The van der Waals surface area contributed by atoms with Crippen molar-refractivity contribution in [3.8, 4) is 0 Å².